The minimum absolute atomic E-state index is 0.0690. The number of carbonyl (C=O) groups excluding carboxylic acids is 1. The van der Waals surface area contributed by atoms with Crippen LogP contribution in [0.5, 0.6) is 5.75 Å². The minimum Gasteiger partial charge on any atom is -0.497 e. The molecular formula is C21H23N3O2. The second kappa shape index (κ2) is 7.22. The maximum absolute atomic E-state index is 12.8. The number of fused-ring (bicyclic) bond motifs is 1. The monoisotopic (exact) mass is 349 g/mol. The van der Waals surface area contributed by atoms with Crippen LogP contribution in [0.1, 0.15) is 16.1 Å². The first-order valence-corrected chi connectivity index (χ1v) is 8.95. The van der Waals surface area contributed by atoms with Gasteiger partial charge in [0.15, 0.2) is 0 Å². The highest BCUT2D eigenvalue weighted by Gasteiger charge is 2.23. The summed E-state index contributed by atoms with van der Waals surface area (Å²) in [5.74, 6) is 0.854. The fraction of sp³-hybridized carbons (Fsp3) is 0.286. The molecule has 4 rings (SSSR count). The highest BCUT2D eigenvalue weighted by atomic mass is 16.5. The molecule has 2 aromatic carbocycles. The lowest BCUT2D eigenvalue weighted by Crippen LogP contribution is -2.48. The average Bonchev–Trinajstić information content (AvgIpc) is 3.12. The van der Waals surface area contributed by atoms with Gasteiger partial charge in [0, 0.05) is 49.7 Å². The molecule has 5 nitrogen and oxygen atoms in total. The number of methoxy groups -OCH3 is 1. The zero-order chi connectivity index (χ0) is 17.9. The molecule has 0 radical (unpaired) electrons. The van der Waals surface area contributed by atoms with E-state index in [1.54, 1.807) is 7.11 Å². The van der Waals surface area contributed by atoms with Crippen molar-refractivity contribution < 1.29 is 9.53 Å². The third-order valence-electron chi connectivity index (χ3n) is 4.97. The Morgan fingerprint density at radius 1 is 1.04 bits per heavy atom. The van der Waals surface area contributed by atoms with Crippen molar-refractivity contribution in [3.05, 3.63) is 65.9 Å². The van der Waals surface area contributed by atoms with Crippen LogP contribution < -0.4 is 4.74 Å². The molecule has 0 spiro atoms. The number of amides is 1. The number of aromatic amines is 1. The van der Waals surface area contributed by atoms with Gasteiger partial charge in [0.05, 0.1) is 7.11 Å². The molecule has 1 aliphatic rings. The van der Waals surface area contributed by atoms with E-state index in [4.69, 9.17) is 4.74 Å². The highest BCUT2D eigenvalue weighted by Crippen LogP contribution is 2.22. The second-order valence-electron chi connectivity index (χ2n) is 6.69. The fourth-order valence-electron chi connectivity index (χ4n) is 3.47. The number of hydrogen-bond donors (Lipinski definition) is 1. The van der Waals surface area contributed by atoms with Crippen LogP contribution in [-0.2, 0) is 6.54 Å². The van der Waals surface area contributed by atoms with Crippen molar-refractivity contribution >= 4 is 16.8 Å². The normalized spacial score (nSPS) is 15.3. The molecule has 134 valence electrons. The van der Waals surface area contributed by atoms with Crippen molar-refractivity contribution in [2.45, 2.75) is 6.54 Å². The van der Waals surface area contributed by atoms with Gasteiger partial charge >= 0.3 is 0 Å². The number of benzene rings is 2. The van der Waals surface area contributed by atoms with Gasteiger partial charge in [-0.1, -0.05) is 30.3 Å². The van der Waals surface area contributed by atoms with E-state index < -0.39 is 0 Å². The number of ether oxygens (including phenoxy) is 1. The van der Waals surface area contributed by atoms with E-state index >= 15 is 0 Å². The Kier molecular flexibility index (Phi) is 4.63. The lowest BCUT2D eigenvalue weighted by atomic mass is 10.2. The number of piperazine rings is 1. The lowest BCUT2D eigenvalue weighted by molar-refractivity contribution is 0.0623. The maximum atomic E-state index is 12.8. The molecule has 1 amide bonds. The molecule has 3 aromatic rings. The van der Waals surface area contributed by atoms with Crippen LogP contribution in [0.15, 0.2) is 54.6 Å². The molecule has 0 atom stereocenters. The van der Waals surface area contributed by atoms with Crippen molar-refractivity contribution in [3.8, 4) is 5.75 Å². The van der Waals surface area contributed by atoms with Gasteiger partial charge in [-0.3, -0.25) is 9.69 Å². The van der Waals surface area contributed by atoms with Crippen molar-refractivity contribution in [3.63, 3.8) is 0 Å². The SMILES string of the molecule is COc1ccc2cc(C(=O)N3CCN(Cc4ccccc4)CC3)[nH]c2c1. The Morgan fingerprint density at radius 2 is 1.81 bits per heavy atom. The third kappa shape index (κ3) is 3.44. The summed E-state index contributed by atoms with van der Waals surface area (Å²) < 4.78 is 5.25. The molecule has 0 saturated carbocycles. The molecule has 1 saturated heterocycles. The Balaban J connectivity index is 1.40. The van der Waals surface area contributed by atoms with Gasteiger partial charge in [-0.25, -0.2) is 0 Å². The molecule has 0 unspecified atom stereocenters. The molecule has 1 aliphatic heterocycles. The summed E-state index contributed by atoms with van der Waals surface area (Å²) in [4.78, 5) is 20.4. The van der Waals surface area contributed by atoms with Gasteiger partial charge in [-0.05, 0) is 23.8 Å². The van der Waals surface area contributed by atoms with Crippen LogP contribution in [0.25, 0.3) is 10.9 Å². The fourth-order valence-corrected chi connectivity index (χ4v) is 3.47. The van der Waals surface area contributed by atoms with Crippen LogP contribution in [-0.4, -0.2) is 54.0 Å². The first-order chi connectivity index (χ1) is 12.7. The average molecular weight is 349 g/mol. The number of nitrogens with one attached hydrogen (secondary N) is 1. The van der Waals surface area contributed by atoms with Crippen LogP contribution in [0.2, 0.25) is 0 Å². The zero-order valence-corrected chi connectivity index (χ0v) is 14.9. The van der Waals surface area contributed by atoms with Gasteiger partial charge in [-0.2, -0.15) is 0 Å². The summed E-state index contributed by atoms with van der Waals surface area (Å²) in [5, 5.41) is 1.02. The smallest absolute Gasteiger partial charge is 0.270 e. The third-order valence-corrected chi connectivity index (χ3v) is 4.97. The van der Waals surface area contributed by atoms with E-state index in [-0.39, 0.29) is 5.91 Å². The van der Waals surface area contributed by atoms with Gasteiger partial charge in [0.2, 0.25) is 0 Å². The van der Waals surface area contributed by atoms with Gasteiger partial charge in [0.25, 0.3) is 5.91 Å². The van der Waals surface area contributed by atoms with Crippen LogP contribution in [0.3, 0.4) is 0 Å². The largest absolute Gasteiger partial charge is 0.497 e. The van der Waals surface area contributed by atoms with Crippen LogP contribution in [0, 0.1) is 0 Å². The number of nitrogens with zero attached hydrogens (tertiary/aromatic N) is 2. The summed E-state index contributed by atoms with van der Waals surface area (Å²) in [5.41, 5.74) is 2.89. The summed E-state index contributed by atoms with van der Waals surface area (Å²) in [7, 11) is 1.64. The zero-order valence-electron chi connectivity index (χ0n) is 14.9. The summed E-state index contributed by atoms with van der Waals surface area (Å²) in [6.45, 7) is 4.24. The van der Waals surface area contributed by atoms with E-state index in [0.717, 1.165) is 49.4 Å². The van der Waals surface area contributed by atoms with Gasteiger partial charge in [-0.15, -0.1) is 0 Å². The van der Waals surface area contributed by atoms with Crippen molar-refractivity contribution in [1.29, 1.82) is 0 Å². The van der Waals surface area contributed by atoms with E-state index in [1.165, 1.54) is 5.56 Å². The molecule has 0 aliphatic carbocycles. The molecule has 5 heteroatoms. The highest BCUT2D eigenvalue weighted by molar-refractivity contribution is 5.98. The lowest BCUT2D eigenvalue weighted by Gasteiger charge is -2.34. The molecule has 1 aromatic heterocycles. The summed E-state index contributed by atoms with van der Waals surface area (Å²) in [6.07, 6.45) is 0. The number of H-pyrrole nitrogens is 1. The standard InChI is InChI=1S/C21H23N3O2/c1-26-18-8-7-17-13-20(22-19(17)14-18)21(25)24-11-9-23(10-12-24)15-16-5-3-2-4-6-16/h2-8,13-14,22H,9-12,15H2,1H3. The molecule has 26 heavy (non-hydrogen) atoms. The predicted octanol–water partition coefficient (Wildman–Crippen LogP) is 3.13. The predicted molar refractivity (Wildman–Crippen MR) is 102 cm³/mol. The van der Waals surface area contributed by atoms with Crippen molar-refractivity contribution in [2.24, 2.45) is 0 Å². The molecule has 0 bridgehead atoms. The van der Waals surface area contributed by atoms with Crippen molar-refractivity contribution in [2.75, 3.05) is 33.3 Å². The topological polar surface area (TPSA) is 48.6 Å². The maximum Gasteiger partial charge on any atom is 0.270 e. The van der Waals surface area contributed by atoms with Crippen molar-refractivity contribution in [1.82, 2.24) is 14.8 Å². The van der Waals surface area contributed by atoms with E-state index in [2.05, 4.69) is 34.1 Å². The Bertz CT molecular complexity index is 896. The van der Waals surface area contributed by atoms with E-state index in [1.807, 2.05) is 35.2 Å². The van der Waals surface area contributed by atoms with Gasteiger partial charge in [0.1, 0.15) is 11.4 Å². The number of rotatable bonds is 4. The first-order valence-electron chi connectivity index (χ1n) is 8.95. The summed E-state index contributed by atoms with van der Waals surface area (Å²) >= 11 is 0. The van der Waals surface area contributed by atoms with Crippen LogP contribution >= 0.6 is 0 Å². The Labute approximate surface area is 153 Å². The van der Waals surface area contributed by atoms with Gasteiger partial charge < -0.3 is 14.6 Å². The number of carbonyl (C=O) groups is 1. The Morgan fingerprint density at radius 3 is 2.54 bits per heavy atom. The van der Waals surface area contributed by atoms with Crippen LogP contribution in [0.4, 0.5) is 0 Å². The van der Waals surface area contributed by atoms with E-state index in [9.17, 15) is 4.79 Å². The molecular weight excluding hydrogens is 326 g/mol. The van der Waals surface area contributed by atoms with E-state index in [0.29, 0.717) is 5.69 Å². The molecule has 1 fully saturated rings. The second-order valence-corrected chi connectivity index (χ2v) is 6.69. The number of hydrogen-bond acceptors (Lipinski definition) is 3. The molecule has 1 N–H and O–H groups in total. The quantitative estimate of drug-likeness (QED) is 0.787. The minimum atomic E-state index is 0.0690. The first kappa shape index (κ1) is 16.7. The summed E-state index contributed by atoms with van der Waals surface area (Å²) in [6, 6.07) is 18.2. The number of aromatic nitrogens is 1. The Hall–Kier alpha value is -2.79. The molecule has 2 heterocycles.